The molecule has 19 heavy (non-hydrogen) atoms. The molecule has 0 saturated heterocycles. The van der Waals surface area contributed by atoms with Crippen LogP contribution in [0.3, 0.4) is 0 Å². The monoisotopic (exact) mass is 254 g/mol. The summed E-state index contributed by atoms with van der Waals surface area (Å²) in [6.07, 6.45) is 3.23. The summed E-state index contributed by atoms with van der Waals surface area (Å²) >= 11 is 0. The van der Waals surface area contributed by atoms with Crippen molar-refractivity contribution in [3.8, 4) is 11.8 Å². The first-order valence-electron chi connectivity index (χ1n) is 5.86. The lowest BCUT2D eigenvalue weighted by Gasteiger charge is -2.09. The topological polar surface area (TPSA) is 70.8 Å². The minimum absolute atomic E-state index is 0.614. The van der Waals surface area contributed by atoms with Crippen molar-refractivity contribution in [1.29, 1.82) is 5.26 Å². The van der Waals surface area contributed by atoms with E-state index in [1.54, 1.807) is 25.4 Å². The van der Waals surface area contributed by atoms with Gasteiger partial charge in [0.15, 0.2) is 0 Å². The fraction of sp³-hybridized carbons (Fsp3) is 0.214. The van der Waals surface area contributed by atoms with Crippen molar-refractivity contribution in [2.75, 3.05) is 7.11 Å². The van der Waals surface area contributed by atoms with Gasteiger partial charge in [0.25, 0.3) is 0 Å². The van der Waals surface area contributed by atoms with E-state index in [2.05, 4.69) is 21.4 Å². The van der Waals surface area contributed by atoms with Gasteiger partial charge in [-0.15, -0.1) is 0 Å². The van der Waals surface area contributed by atoms with Gasteiger partial charge in [0.05, 0.1) is 24.4 Å². The van der Waals surface area contributed by atoms with Gasteiger partial charge in [0.2, 0.25) is 0 Å². The number of ether oxygens (including phenoxy) is 1. The quantitative estimate of drug-likeness (QED) is 0.878. The smallest absolute Gasteiger partial charge is 0.123 e. The molecule has 0 spiro atoms. The van der Waals surface area contributed by atoms with Crippen molar-refractivity contribution in [3.63, 3.8) is 0 Å². The van der Waals surface area contributed by atoms with Crippen LogP contribution in [0.1, 0.15) is 16.8 Å². The molecule has 5 nitrogen and oxygen atoms in total. The first kappa shape index (κ1) is 13.0. The van der Waals surface area contributed by atoms with Crippen molar-refractivity contribution in [3.05, 3.63) is 53.6 Å². The molecule has 2 rings (SSSR count). The highest BCUT2D eigenvalue weighted by atomic mass is 16.5. The molecule has 2 aromatic rings. The van der Waals surface area contributed by atoms with E-state index in [1.165, 1.54) is 6.33 Å². The highest BCUT2D eigenvalue weighted by molar-refractivity contribution is 5.41. The van der Waals surface area contributed by atoms with Crippen LogP contribution in [0, 0.1) is 11.3 Å². The second-order valence-electron chi connectivity index (χ2n) is 3.94. The molecule has 0 saturated carbocycles. The summed E-state index contributed by atoms with van der Waals surface area (Å²) in [6, 6.07) is 9.35. The van der Waals surface area contributed by atoms with E-state index in [0.29, 0.717) is 18.7 Å². The zero-order chi connectivity index (χ0) is 13.5. The van der Waals surface area contributed by atoms with Crippen LogP contribution in [0.2, 0.25) is 0 Å². The van der Waals surface area contributed by atoms with Gasteiger partial charge in [0.1, 0.15) is 12.1 Å². The largest absolute Gasteiger partial charge is 0.496 e. The number of aromatic nitrogens is 2. The van der Waals surface area contributed by atoms with Gasteiger partial charge in [-0.25, -0.2) is 9.97 Å². The number of nitrogens with zero attached hydrogens (tertiary/aromatic N) is 3. The normalized spacial score (nSPS) is 9.89. The molecule has 1 N–H and O–H groups in total. The number of nitriles is 1. The number of hydrogen-bond donors (Lipinski definition) is 1. The Labute approximate surface area is 111 Å². The van der Waals surface area contributed by atoms with Crippen molar-refractivity contribution in [1.82, 2.24) is 15.3 Å². The van der Waals surface area contributed by atoms with Crippen LogP contribution in [0.5, 0.6) is 5.75 Å². The number of hydrogen-bond acceptors (Lipinski definition) is 5. The zero-order valence-corrected chi connectivity index (χ0v) is 10.6. The minimum Gasteiger partial charge on any atom is -0.496 e. The van der Waals surface area contributed by atoms with Crippen LogP contribution in [0.25, 0.3) is 0 Å². The highest BCUT2D eigenvalue weighted by Crippen LogP contribution is 2.19. The molecular formula is C14H14N4O. The third-order valence-electron chi connectivity index (χ3n) is 2.67. The van der Waals surface area contributed by atoms with E-state index in [-0.39, 0.29) is 0 Å². The van der Waals surface area contributed by atoms with Crippen molar-refractivity contribution in [2.24, 2.45) is 0 Å². The predicted octanol–water partition coefficient (Wildman–Crippen LogP) is 1.65. The molecule has 0 aliphatic carbocycles. The van der Waals surface area contributed by atoms with E-state index in [0.717, 1.165) is 17.0 Å². The molecule has 1 aromatic heterocycles. The molecule has 0 bridgehead atoms. The minimum atomic E-state index is 0.614. The van der Waals surface area contributed by atoms with Gasteiger partial charge in [-0.05, 0) is 24.3 Å². The Kier molecular flexibility index (Phi) is 4.43. The maximum Gasteiger partial charge on any atom is 0.123 e. The zero-order valence-electron chi connectivity index (χ0n) is 10.6. The van der Waals surface area contributed by atoms with E-state index in [4.69, 9.17) is 10.00 Å². The standard InChI is InChI=1S/C14H14N4O/c1-19-14-3-2-11(7-15)6-12(14)8-17-9-13-4-5-16-10-18-13/h2-6,10,17H,8-9H2,1H3. The molecule has 0 amide bonds. The maximum absolute atomic E-state index is 8.90. The number of rotatable bonds is 5. The first-order chi connectivity index (χ1) is 9.33. The molecule has 96 valence electrons. The van der Waals surface area contributed by atoms with E-state index in [9.17, 15) is 0 Å². The van der Waals surface area contributed by atoms with Crippen LogP contribution < -0.4 is 10.1 Å². The third kappa shape index (κ3) is 3.50. The van der Waals surface area contributed by atoms with Crippen LogP contribution >= 0.6 is 0 Å². The Morgan fingerprint density at radius 3 is 2.89 bits per heavy atom. The molecule has 0 aliphatic rings. The lowest BCUT2D eigenvalue weighted by molar-refractivity contribution is 0.407. The maximum atomic E-state index is 8.90. The van der Waals surface area contributed by atoms with Crippen LogP contribution in [-0.4, -0.2) is 17.1 Å². The van der Waals surface area contributed by atoms with Gasteiger partial charge in [-0.2, -0.15) is 5.26 Å². The lowest BCUT2D eigenvalue weighted by Crippen LogP contribution is -2.14. The average molecular weight is 254 g/mol. The van der Waals surface area contributed by atoms with Crippen molar-refractivity contribution >= 4 is 0 Å². The van der Waals surface area contributed by atoms with Gasteiger partial charge in [-0.3, -0.25) is 0 Å². The number of benzene rings is 1. The van der Waals surface area contributed by atoms with Crippen molar-refractivity contribution in [2.45, 2.75) is 13.1 Å². The summed E-state index contributed by atoms with van der Waals surface area (Å²) in [6.45, 7) is 1.26. The van der Waals surface area contributed by atoms with E-state index < -0.39 is 0 Å². The first-order valence-corrected chi connectivity index (χ1v) is 5.86. The molecule has 1 heterocycles. The second kappa shape index (κ2) is 6.47. The summed E-state index contributed by atoms with van der Waals surface area (Å²) in [4.78, 5) is 8.00. The van der Waals surface area contributed by atoms with Crippen LogP contribution in [-0.2, 0) is 13.1 Å². The third-order valence-corrected chi connectivity index (χ3v) is 2.67. The summed E-state index contributed by atoms with van der Waals surface area (Å²) in [5, 5.41) is 12.2. The predicted molar refractivity (Wildman–Crippen MR) is 70.3 cm³/mol. The summed E-state index contributed by atoms with van der Waals surface area (Å²) < 4.78 is 5.27. The average Bonchev–Trinajstić information content (AvgIpc) is 2.48. The fourth-order valence-electron chi connectivity index (χ4n) is 1.73. The fourth-order valence-corrected chi connectivity index (χ4v) is 1.73. The molecule has 0 unspecified atom stereocenters. The Morgan fingerprint density at radius 2 is 2.21 bits per heavy atom. The van der Waals surface area contributed by atoms with Gasteiger partial charge < -0.3 is 10.1 Å². The number of nitrogens with one attached hydrogen (secondary N) is 1. The Morgan fingerprint density at radius 1 is 1.32 bits per heavy atom. The molecular weight excluding hydrogens is 240 g/mol. The lowest BCUT2D eigenvalue weighted by atomic mass is 10.1. The molecule has 1 aromatic carbocycles. The Balaban J connectivity index is 2.01. The number of methoxy groups -OCH3 is 1. The van der Waals surface area contributed by atoms with Crippen LogP contribution in [0.4, 0.5) is 0 Å². The molecule has 0 atom stereocenters. The SMILES string of the molecule is COc1ccc(C#N)cc1CNCc1ccncn1. The Hall–Kier alpha value is -2.45. The molecule has 0 aliphatic heterocycles. The van der Waals surface area contributed by atoms with Gasteiger partial charge in [0, 0.05) is 24.8 Å². The molecule has 0 radical (unpaired) electrons. The summed E-state index contributed by atoms with van der Waals surface area (Å²) in [5.74, 6) is 0.772. The van der Waals surface area contributed by atoms with Gasteiger partial charge in [-0.1, -0.05) is 0 Å². The van der Waals surface area contributed by atoms with E-state index >= 15 is 0 Å². The molecule has 0 fully saturated rings. The van der Waals surface area contributed by atoms with Gasteiger partial charge >= 0.3 is 0 Å². The second-order valence-corrected chi connectivity index (χ2v) is 3.94. The molecule has 5 heteroatoms. The van der Waals surface area contributed by atoms with Crippen LogP contribution in [0.15, 0.2) is 36.8 Å². The highest BCUT2D eigenvalue weighted by Gasteiger charge is 2.04. The summed E-state index contributed by atoms with van der Waals surface area (Å²) in [7, 11) is 1.62. The van der Waals surface area contributed by atoms with Crippen molar-refractivity contribution < 1.29 is 4.74 Å². The summed E-state index contributed by atoms with van der Waals surface area (Å²) in [5.41, 5.74) is 2.50. The Bertz CT molecular complexity index is 578. The van der Waals surface area contributed by atoms with E-state index in [1.807, 2.05) is 12.1 Å².